The quantitative estimate of drug-likeness (QED) is 0.911. The normalized spacial score (nSPS) is 13.2. The smallest absolute Gasteiger partial charge is 0.241 e. The lowest BCUT2D eigenvalue weighted by Crippen LogP contribution is -2.31. The van der Waals surface area contributed by atoms with E-state index < -0.39 is 0 Å². The Balaban J connectivity index is 2.07. The minimum absolute atomic E-state index is 0.0660. The van der Waals surface area contributed by atoms with Gasteiger partial charge in [0.25, 0.3) is 0 Å². The molecule has 2 rings (SSSR count). The highest BCUT2D eigenvalue weighted by molar-refractivity contribution is 9.11. The van der Waals surface area contributed by atoms with E-state index in [4.69, 9.17) is 9.63 Å². The molecule has 7 heteroatoms. The second-order valence-electron chi connectivity index (χ2n) is 4.06. The molecule has 0 aromatic carbocycles. The number of halogens is 1. The number of thiophene rings is 1. The Hall–Kier alpha value is -0.760. The Morgan fingerprint density at radius 1 is 1.56 bits per heavy atom. The molecule has 1 unspecified atom stereocenters. The second-order valence-corrected chi connectivity index (χ2v) is 6.53. The molecule has 98 valence electrons. The van der Waals surface area contributed by atoms with Gasteiger partial charge in [-0.2, -0.15) is 4.98 Å². The summed E-state index contributed by atoms with van der Waals surface area (Å²) >= 11 is 4.96. The summed E-state index contributed by atoms with van der Waals surface area (Å²) in [5.41, 5.74) is 0. The van der Waals surface area contributed by atoms with E-state index in [1.165, 1.54) is 0 Å². The first-order chi connectivity index (χ1) is 8.60. The van der Waals surface area contributed by atoms with Gasteiger partial charge in [-0.1, -0.05) is 5.16 Å². The second kappa shape index (κ2) is 5.92. The highest BCUT2D eigenvalue weighted by Crippen LogP contribution is 2.29. The van der Waals surface area contributed by atoms with Crippen LogP contribution in [0.2, 0.25) is 0 Å². The zero-order valence-electron chi connectivity index (χ0n) is 10.1. The SMILES string of the molecule is CC(CO)N(C)Cc1nc(-c2ccc(Br)s2)no1. The number of aromatic nitrogens is 2. The molecule has 0 saturated heterocycles. The van der Waals surface area contributed by atoms with Crippen LogP contribution in [0.1, 0.15) is 12.8 Å². The van der Waals surface area contributed by atoms with Gasteiger partial charge in [-0.25, -0.2) is 0 Å². The third-order valence-electron chi connectivity index (χ3n) is 2.66. The molecule has 1 N–H and O–H groups in total. The van der Waals surface area contributed by atoms with Crippen molar-refractivity contribution in [2.45, 2.75) is 19.5 Å². The molecule has 0 spiro atoms. The third-order valence-corrected chi connectivity index (χ3v) is 4.28. The average Bonchev–Trinajstić information content (AvgIpc) is 2.96. The summed E-state index contributed by atoms with van der Waals surface area (Å²) in [6.07, 6.45) is 0. The highest BCUT2D eigenvalue weighted by atomic mass is 79.9. The van der Waals surface area contributed by atoms with E-state index in [-0.39, 0.29) is 12.6 Å². The van der Waals surface area contributed by atoms with Crippen molar-refractivity contribution in [3.05, 3.63) is 21.8 Å². The molecule has 0 aliphatic carbocycles. The fourth-order valence-corrected chi connectivity index (χ4v) is 2.67. The zero-order chi connectivity index (χ0) is 13.1. The fourth-order valence-electron chi connectivity index (χ4n) is 1.36. The number of hydrogen-bond donors (Lipinski definition) is 1. The van der Waals surface area contributed by atoms with Crippen LogP contribution >= 0.6 is 27.3 Å². The Kier molecular flexibility index (Phi) is 4.50. The van der Waals surface area contributed by atoms with Crippen LogP contribution in [0.15, 0.2) is 20.4 Å². The van der Waals surface area contributed by atoms with Crippen molar-refractivity contribution in [1.29, 1.82) is 0 Å². The van der Waals surface area contributed by atoms with Crippen LogP contribution < -0.4 is 0 Å². The minimum atomic E-state index is 0.0660. The standard InChI is InChI=1S/C11H14BrN3O2S/c1-7(6-16)15(2)5-10-13-11(14-17-10)8-3-4-9(12)18-8/h3-4,7,16H,5-6H2,1-2H3. The molecular formula is C11H14BrN3O2S. The van der Waals surface area contributed by atoms with Crippen LogP contribution in [0.25, 0.3) is 10.7 Å². The number of rotatable bonds is 5. The number of aliphatic hydroxyl groups excluding tert-OH is 1. The largest absolute Gasteiger partial charge is 0.395 e. The summed E-state index contributed by atoms with van der Waals surface area (Å²) in [5, 5.41) is 13.0. The Morgan fingerprint density at radius 2 is 2.33 bits per heavy atom. The van der Waals surface area contributed by atoms with Gasteiger partial charge in [0.05, 0.1) is 21.8 Å². The topological polar surface area (TPSA) is 62.4 Å². The first-order valence-corrected chi connectivity index (χ1v) is 7.10. The predicted octanol–water partition coefficient (Wildman–Crippen LogP) is 2.37. The van der Waals surface area contributed by atoms with Crippen molar-refractivity contribution < 1.29 is 9.63 Å². The molecule has 1 atom stereocenters. The van der Waals surface area contributed by atoms with E-state index in [1.807, 2.05) is 31.0 Å². The summed E-state index contributed by atoms with van der Waals surface area (Å²) < 4.78 is 6.24. The molecule has 2 heterocycles. The number of hydrogen-bond acceptors (Lipinski definition) is 6. The molecule has 2 aromatic heterocycles. The fraction of sp³-hybridized carbons (Fsp3) is 0.455. The zero-order valence-corrected chi connectivity index (χ0v) is 12.5. The Morgan fingerprint density at radius 3 is 2.94 bits per heavy atom. The summed E-state index contributed by atoms with van der Waals surface area (Å²) in [5.74, 6) is 1.16. The Labute approximate surface area is 118 Å². The van der Waals surface area contributed by atoms with Crippen LogP contribution in [-0.2, 0) is 6.54 Å². The molecular weight excluding hydrogens is 318 g/mol. The maximum absolute atomic E-state index is 9.06. The molecule has 0 bridgehead atoms. The van der Waals surface area contributed by atoms with Gasteiger partial charge in [0.1, 0.15) is 0 Å². The van der Waals surface area contributed by atoms with Gasteiger partial charge in [0, 0.05) is 6.04 Å². The summed E-state index contributed by atoms with van der Waals surface area (Å²) in [6.45, 7) is 2.57. The number of aliphatic hydroxyl groups is 1. The molecule has 18 heavy (non-hydrogen) atoms. The van der Waals surface area contributed by atoms with Gasteiger partial charge in [0.15, 0.2) is 0 Å². The van der Waals surface area contributed by atoms with Crippen molar-refractivity contribution in [3.8, 4) is 10.7 Å². The lowest BCUT2D eigenvalue weighted by molar-refractivity contribution is 0.142. The van der Waals surface area contributed by atoms with Crippen LogP contribution in [0.4, 0.5) is 0 Å². The van der Waals surface area contributed by atoms with Gasteiger partial charge in [-0.15, -0.1) is 11.3 Å². The first-order valence-electron chi connectivity index (χ1n) is 5.49. The lowest BCUT2D eigenvalue weighted by Gasteiger charge is -2.20. The summed E-state index contributed by atoms with van der Waals surface area (Å²) in [6, 6.07) is 3.97. The Bertz CT molecular complexity index is 514. The van der Waals surface area contributed by atoms with Crippen molar-refractivity contribution in [1.82, 2.24) is 15.0 Å². The lowest BCUT2D eigenvalue weighted by atomic mass is 10.3. The van der Waals surface area contributed by atoms with Gasteiger partial charge in [-0.3, -0.25) is 4.90 Å². The van der Waals surface area contributed by atoms with Crippen molar-refractivity contribution >= 4 is 27.3 Å². The molecule has 0 radical (unpaired) electrons. The average molecular weight is 332 g/mol. The van der Waals surface area contributed by atoms with E-state index in [1.54, 1.807) is 11.3 Å². The minimum Gasteiger partial charge on any atom is -0.395 e. The van der Waals surface area contributed by atoms with Crippen LogP contribution in [0, 0.1) is 0 Å². The van der Waals surface area contributed by atoms with Crippen molar-refractivity contribution in [2.24, 2.45) is 0 Å². The van der Waals surface area contributed by atoms with Gasteiger partial charge >= 0.3 is 0 Å². The van der Waals surface area contributed by atoms with Crippen LogP contribution in [0.5, 0.6) is 0 Å². The van der Waals surface area contributed by atoms with Crippen molar-refractivity contribution in [2.75, 3.05) is 13.7 Å². The molecule has 2 aromatic rings. The van der Waals surface area contributed by atoms with Gasteiger partial charge in [-0.05, 0) is 42.0 Å². The molecule has 0 aliphatic heterocycles. The van der Waals surface area contributed by atoms with E-state index in [9.17, 15) is 0 Å². The van der Waals surface area contributed by atoms with Crippen molar-refractivity contribution in [3.63, 3.8) is 0 Å². The first kappa shape index (κ1) is 13.7. The number of nitrogens with zero attached hydrogens (tertiary/aromatic N) is 3. The maximum Gasteiger partial charge on any atom is 0.241 e. The maximum atomic E-state index is 9.06. The van der Waals surface area contributed by atoms with E-state index >= 15 is 0 Å². The molecule has 0 aliphatic rings. The summed E-state index contributed by atoms with van der Waals surface area (Å²) in [7, 11) is 1.91. The van der Waals surface area contributed by atoms with Gasteiger partial charge < -0.3 is 9.63 Å². The monoisotopic (exact) mass is 331 g/mol. The molecule has 0 amide bonds. The molecule has 0 fully saturated rings. The van der Waals surface area contributed by atoms with E-state index in [0.717, 1.165) is 8.66 Å². The number of likely N-dealkylation sites (N-methyl/N-ethyl adjacent to an activating group) is 1. The molecule has 5 nitrogen and oxygen atoms in total. The van der Waals surface area contributed by atoms with Crippen LogP contribution in [0.3, 0.4) is 0 Å². The summed E-state index contributed by atoms with van der Waals surface area (Å²) in [4.78, 5) is 7.27. The van der Waals surface area contributed by atoms with Gasteiger partial charge in [0.2, 0.25) is 11.7 Å². The highest BCUT2D eigenvalue weighted by Gasteiger charge is 2.14. The predicted molar refractivity (Wildman–Crippen MR) is 73.3 cm³/mol. The van der Waals surface area contributed by atoms with Crippen LogP contribution in [-0.4, -0.2) is 39.8 Å². The molecule has 0 saturated carbocycles. The third kappa shape index (κ3) is 3.17. The van der Waals surface area contributed by atoms with E-state index in [2.05, 4.69) is 26.1 Å². The van der Waals surface area contributed by atoms with E-state index in [0.29, 0.717) is 18.3 Å².